The molecular weight excluding hydrogens is 964 g/mol. The number of unbranched alkanes of at least 4 members (excludes halogenated alkanes) is 4. The largest absolute Gasteiger partial charge is 0.480 e. The standard InChI is InChI=1S/C45H72N4O23/c50-21-26-34(58)37(61)39(63)43(69-26)68-24-28-36(60)42(72-45-40(64)38(62)35(59)27(22-51)70-45)41(65)44(71-28)66-17-16-48-29(52)12-6-2-8-14-46-30(53)18-49(20-32(55)56)19-31(54)47-15-9-3-7-13-33(57)67-23-25-10-4-1-5-11-25/h1,4-5,10-11,26-28,34-45,50-51,58-65H,2-3,6-9,12-24H2,(H,46,53)(H,47,54)(H,48,52)(H,55,56)/t26-,27-,28-,34-,35-,36-,37+,38+,39+,40+,41+,42+,43+,44+,45-/m1/s1. The van der Waals surface area contributed by atoms with Crippen LogP contribution < -0.4 is 16.0 Å². The minimum Gasteiger partial charge on any atom is -0.480 e. The van der Waals surface area contributed by atoms with Crippen LogP contribution in [0.15, 0.2) is 30.3 Å². The smallest absolute Gasteiger partial charge is 0.317 e. The molecule has 3 heterocycles. The Morgan fingerprint density at radius 2 is 1.07 bits per heavy atom. The van der Waals surface area contributed by atoms with E-state index >= 15 is 0 Å². The second-order valence-electron chi connectivity index (χ2n) is 17.6. The van der Waals surface area contributed by atoms with E-state index in [1.807, 2.05) is 30.3 Å². The molecule has 3 amide bonds. The number of nitrogens with one attached hydrogen (secondary N) is 3. The van der Waals surface area contributed by atoms with E-state index in [4.69, 9.17) is 33.2 Å². The van der Waals surface area contributed by atoms with Gasteiger partial charge in [0, 0.05) is 32.5 Å². The van der Waals surface area contributed by atoms with Crippen LogP contribution in [0, 0.1) is 0 Å². The van der Waals surface area contributed by atoms with Gasteiger partial charge < -0.3 is 105 Å². The molecule has 0 aliphatic carbocycles. The summed E-state index contributed by atoms with van der Waals surface area (Å²) in [5.74, 6) is -2.88. The summed E-state index contributed by atoms with van der Waals surface area (Å²) < 4.78 is 38.6. The predicted molar refractivity (Wildman–Crippen MR) is 241 cm³/mol. The van der Waals surface area contributed by atoms with Gasteiger partial charge in [0.2, 0.25) is 17.7 Å². The van der Waals surface area contributed by atoms with Crippen molar-refractivity contribution in [3.8, 4) is 0 Å². The first-order valence-corrected chi connectivity index (χ1v) is 23.9. The number of hydrogen-bond acceptors (Lipinski definition) is 23. The van der Waals surface area contributed by atoms with Gasteiger partial charge in [-0.05, 0) is 31.2 Å². The lowest BCUT2D eigenvalue weighted by molar-refractivity contribution is -0.366. The summed E-state index contributed by atoms with van der Waals surface area (Å²) in [6.07, 6.45) is -22.1. The zero-order valence-corrected chi connectivity index (χ0v) is 39.7. The van der Waals surface area contributed by atoms with E-state index < -0.39 is 136 Å². The molecule has 72 heavy (non-hydrogen) atoms. The molecule has 27 nitrogen and oxygen atoms in total. The van der Waals surface area contributed by atoms with Gasteiger partial charge in [0.1, 0.15) is 79.9 Å². The summed E-state index contributed by atoms with van der Waals surface area (Å²) in [6.45, 7) is -3.11. The number of carboxylic acid groups (broad SMARTS) is 1. The fourth-order valence-corrected chi connectivity index (χ4v) is 7.82. The van der Waals surface area contributed by atoms with Crippen LogP contribution in [0.5, 0.6) is 0 Å². The molecule has 0 unspecified atom stereocenters. The van der Waals surface area contributed by atoms with Crippen molar-refractivity contribution in [3.63, 3.8) is 0 Å². The van der Waals surface area contributed by atoms with Gasteiger partial charge in [0.15, 0.2) is 18.9 Å². The molecule has 0 bridgehead atoms. The predicted octanol–water partition coefficient (Wildman–Crippen LogP) is -5.95. The Balaban J connectivity index is 1.13. The zero-order chi connectivity index (χ0) is 52.7. The van der Waals surface area contributed by atoms with E-state index in [9.17, 15) is 80.1 Å². The first kappa shape index (κ1) is 60.4. The van der Waals surface area contributed by atoms with Crippen molar-refractivity contribution in [3.05, 3.63) is 35.9 Å². The number of aliphatic hydroxyl groups excluding tert-OH is 10. The number of amides is 3. The van der Waals surface area contributed by atoms with Crippen LogP contribution in [-0.4, -0.2) is 249 Å². The summed E-state index contributed by atoms with van der Waals surface area (Å²) in [6, 6.07) is 9.29. The quantitative estimate of drug-likeness (QED) is 0.0243. The average Bonchev–Trinajstić information content (AvgIpc) is 3.35. The Morgan fingerprint density at radius 3 is 1.65 bits per heavy atom. The molecule has 0 saturated carbocycles. The normalized spacial score (nSPS) is 30.6. The molecule has 1 aromatic carbocycles. The van der Waals surface area contributed by atoms with E-state index in [2.05, 4.69) is 16.0 Å². The zero-order valence-electron chi connectivity index (χ0n) is 39.7. The maximum Gasteiger partial charge on any atom is 0.317 e. The molecule has 3 saturated heterocycles. The molecule has 3 fully saturated rings. The highest BCUT2D eigenvalue weighted by Crippen LogP contribution is 2.31. The van der Waals surface area contributed by atoms with Gasteiger partial charge in [-0.2, -0.15) is 0 Å². The van der Waals surface area contributed by atoms with E-state index in [0.29, 0.717) is 45.1 Å². The number of rotatable bonds is 31. The molecule has 27 heteroatoms. The van der Waals surface area contributed by atoms with E-state index in [1.54, 1.807) is 0 Å². The molecule has 0 radical (unpaired) electrons. The van der Waals surface area contributed by atoms with Crippen LogP contribution >= 0.6 is 0 Å². The van der Waals surface area contributed by atoms with Crippen molar-refractivity contribution >= 4 is 29.7 Å². The van der Waals surface area contributed by atoms with Crippen LogP contribution in [0.3, 0.4) is 0 Å². The summed E-state index contributed by atoms with van der Waals surface area (Å²) in [4.78, 5) is 62.2. The van der Waals surface area contributed by atoms with Crippen molar-refractivity contribution in [1.82, 2.24) is 20.9 Å². The lowest BCUT2D eigenvalue weighted by Gasteiger charge is -2.46. The van der Waals surface area contributed by atoms with Crippen LogP contribution in [0.25, 0.3) is 0 Å². The molecule has 4 rings (SSSR count). The fraction of sp³-hybridized carbons (Fsp3) is 0.756. The van der Waals surface area contributed by atoms with Gasteiger partial charge in [-0.25, -0.2) is 0 Å². The first-order chi connectivity index (χ1) is 34.4. The van der Waals surface area contributed by atoms with Gasteiger partial charge in [-0.1, -0.05) is 43.2 Å². The van der Waals surface area contributed by atoms with Gasteiger partial charge in [-0.3, -0.25) is 28.9 Å². The van der Waals surface area contributed by atoms with Gasteiger partial charge in [0.25, 0.3) is 0 Å². The molecule has 0 spiro atoms. The molecule has 3 aliphatic rings. The number of ether oxygens (including phenoxy) is 7. The van der Waals surface area contributed by atoms with E-state index in [0.717, 1.165) is 5.56 Å². The van der Waals surface area contributed by atoms with Crippen LogP contribution in [0.1, 0.15) is 56.9 Å². The number of benzene rings is 1. The third-order valence-corrected chi connectivity index (χ3v) is 11.9. The van der Waals surface area contributed by atoms with Crippen LogP contribution in [0.4, 0.5) is 0 Å². The number of aliphatic hydroxyl groups is 10. The maximum absolute atomic E-state index is 12.6. The highest BCUT2D eigenvalue weighted by atomic mass is 16.7. The van der Waals surface area contributed by atoms with Gasteiger partial charge >= 0.3 is 11.9 Å². The Bertz CT molecular complexity index is 1790. The molecule has 15 atom stereocenters. The molecule has 410 valence electrons. The number of aliphatic carboxylic acids is 1. The number of carboxylic acids is 1. The average molecular weight is 1040 g/mol. The second-order valence-corrected chi connectivity index (χ2v) is 17.6. The van der Waals surface area contributed by atoms with Gasteiger partial charge in [0.05, 0.1) is 46.1 Å². The minimum absolute atomic E-state index is 0.0812. The number of hydrogen-bond donors (Lipinski definition) is 14. The monoisotopic (exact) mass is 1040 g/mol. The molecule has 3 aliphatic heterocycles. The molecule has 1 aromatic rings. The summed E-state index contributed by atoms with van der Waals surface area (Å²) in [7, 11) is 0. The SMILES string of the molecule is O=C(O)CN(CC(=O)NCCCCCC(=O)NCCO[C@H]1O[C@H](CO[C@H]2O[C@H](CO)[C@@H](O)[C@H](O)[C@@H]2O)[C@@H](O)[C@H](O[C@H]2O[C@H](CO)[C@@H](O)[C@H](O)[C@@H]2O)[C@@H]1O)CC(=O)NCCCCCC(=O)OCc1ccccc1. The Labute approximate surface area is 414 Å². The summed E-state index contributed by atoms with van der Waals surface area (Å²) >= 11 is 0. The number of esters is 1. The highest BCUT2D eigenvalue weighted by molar-refractivity contribution is 5.82. The topological polar surface area (TPSA) is 412 Å². The fourth-order valence-electron chi connectivity index (χ4n) is 7.82. The Hall–Kier alpha value is -4.11. The lowest BCUT2D eigenvalue weighted by atomic mass is 9.96. The summed E-state index contributed by atoms with van der Waals surface area (Å²) in [5.41, 5.74) is 0.889. The highest BCUT2D eigenvalue weighted by Gasteiger charge is 2.52. The number of carbonyl (C=O) groups excluding carboxylic acids is 4. The number of carbonyl (C=O) groups is 5. The third kappa shape index (κ3) is 19.6. The molecule has 0 aromatic heterocycles. The number of nitrogens with zero attached hydrogens (tertiary/aromatic N) is 1. The van der Waals surface area contributed by atoms with Crippen molar-refractivity contribution in [2.24, 2.45) is 0 Å². The van der Waals surface area contributed by atoms with Gasteiger partial charge in [-0.15, -0.1) is 0 Å². The lowest BCUT2D eigenvalue weighted by Crippen LogP contribution is -2.65. The molecule has 14 N–H and O–H groups in total. The van der Waals surface area contributed by atoms with Crippen LogP contribution in [-0.2, 0) is 63.7 Å². The third-order valence-electron chi connectivity index (χ3n) is 11.9. The molecular formula is C45H72N4O23. The van der Waals surface area contributed by atoms with Crippen LogP contribution in [0.2, 0.25) is 0 Å². The van der Waals surface area contributed by atoms with Crippen molar-refractivity contribution in [2.75, 3.05) is 65.7 Å². The van der Waals surface area contributed by atoms with Crippen molar-refractivity contribution in [1.29, 1.82) is 0 Å². The second kappa shape index (κ2) is 31.6. The Morgan fingerprint density at radius 1 is 0.542 bits per heavy atom. The van der Waals surface area contributed by atoms with Crippen molar-refractivity contribution < 1.29 is 113 Å². The summed E-state index contributed by atoms with van der Waals surface area (Å²) in [5, 5.41) is 121. The van der Waals surface area contributed by atoms with E-state index in [-0.39, 0.29) is 64.1 Å². The first-order valence-electron chi connectivity index (χ1n) is 23.9. The minimum atomic E-state index is -1.93. The Kier molecular flexibility index (Phi) is 26.5. The van der Waals surface area contributed by atoms with Crippen molar-refractivity contribution in [2.45, 2.75) is 150 Å². The van der Waals surface area contributed by atoms with E-state index in [1.165, 1.54) is 4.90 Å². The maximum atomic E-state index is 12.6.